The Morgan fingerprint density at radius 2 is 1.73 bits per heavy atom. The molecule has 8 heteroatoms. The third kappa shape index (κ3) is 5.63. The Morgan fingerprint density at radius 1 is 1.05 bits per heavy atom. The summed E-state index contributed by atoms with van der Waals surface area (Å²) in [6, 6.07) is 19.0. The van der Waals surface area contributed by atoms with Crippen molar-refractivity contribution in [2.45, 2.75) is 63.5 Å². The Balaban J connectivity index is 1.68. The molecular formula is C29H33ClN2O4S. The lowest BCUT2D eigenvalue weighted by Crippen LogP contribution is -2.47. The number of anilines is 1. The second-order valence-electron chi connectivity index (χ2n) is 9.61. The number of aryl methyl sites for hydroxylation is 2. The molecule has 1 aliphatic rings. The van der Waals surface area contributed by atoms with Gasteiger partial charge in [0.2, 0.25) is 5.91 Å². The van der Waals surface area contributed by atoms with Crippen LogP contribution in [-0.2, 0) is 14.8 Å². The molecule has 1 heterocycles. The minimum atomic E-state index is -4.03. The molecule has 6 nitrogen and oxygen atoms in total. The maximum Gasteiger partial charge on any atom is 0.264 e. The fourth-order valence-electron chi connectivity index (χ4n) is 4.84. The van der Waals surface area contributed by atoms with Crippen LogP contribution in [0.15, 0.2) is 71.6 Å². The molecule has 0 radical (unpaired) electrons. The lowest BCUT2D eigenvalue weighted by atomic mass is 9.83. The molecule has 1 aliphatic heterocycles. The summed E-state index contributed by atoms with van der Waals surface area (Å²) in [6.45, 7) is 7.46. The summed E-state index contributed by atoms with van der Waals surface area (Å²) < 4.78 is 35.1. The highest BCUT2D eigenvalue weighted by Gasteiger charge is 2.39. The molecule has 4 rings (SSSR count). The van der Waals surface area contributed by atoms with Crippen molar-refractivity contribution in [1.29, 1.82) is 0 Å². The van der Waals surface area contributed by atoms with Crippen LogP contribution >= 0.6 is 11.6 Å². The van der Waals surface area contributed by atoms with Crippen molar-refractivity contribution >= 4 is 33.2 Å². The fraction of sp³-hybridized carbons (Fsp3) is 0.345. The second-order valence-corrected chi connectivity index (χ2v) is 11.9. The van der Waals surface area contributed by atoms with E-state index in [-0.39, 0.29) is 17.5 Å². The Labute approximate surface area is 224 Å². The number of para-hydroxylation sites is 1. The van der Waals surface area contributed by atoms with E-state index >= 15 is 0 Å². The molecular weight excluding hydrogens is 508 g/mol. The van der Waals surface area contributed by atoms with Gasteiger partial charge in [-0.2, -0.15) is 0 Å². The van der Waals surface area contributed by atoms with E-state index in [4.69, 9.17) is 16.3 Å². The number of nitrogens with zero attached hydrogens (tertiary/aromatic N) is 1. The number of sulfonamides is 1. The number of halogens is 1. The van der Waals surface area contributed by atoms with Gasteiger partial charge in [-0.1, -0.05) is 61.3 Å². The Bertz CT molecular complexity index is 1390. The van der Waals surface area contributed by atoms with Crippen molar-refractivity contribution in [3.8, 4) is 5.75 Å². The number of benzene rings is 3. The zero-order chi connectivity index (χ0) is 26.8. The van der Waals surface area contributed by atoms with Gasteiger partial charge in [0, 0.05) is 17.0 Å². The minimum absolute atomic E-state index is 0.118. The van der Waals surface area contributed by atoms with Gasteiger partial charge in [-0.05, 0) is 68.7 Å². The number of rotatable bonds is 8. The van der Waals surface area contributed by atoms with Crippen molar-refractivity contribution in [1.82, 2.24) is 5.32 Å². The highest BCUT2D eigenvalue weighted by atomic mass is 35.5. The topological polar surface area (TPSA) is 75.7 Å². The average molecular weight is 541 g/mol. The van der Waals surface area contributed by atoms with Gasteiger partial charge >= 0.3 is 0 Å². The van der Waals surface area contributed by atoms with Gasteiger partial charge in [0.25, 0.3) is 10.0 Å². The van der Waals surface area contributed by atoms with Gasteiger partial charge in [-0.15, -0.1) is 0 Å². The van der Waals surface area contributed by atoms with Crippen molar-refractivity contribution in [2.24, 2.45) is 0 Å². The van der Waals surface area contributed by atoms with E-state index in [2.05, 4.69) is 19.2 Å². The number of carbonyl (C=O) groups is 1. The summed E-state index contributed by atoms with van der Waals surface area (Å²) in [5.41, 5.74) is 2.50. The van der Waals surface area contributed by atoms with Crippen molar-refractivity contribution in [3.05, 3.63) is 88.4 Å². The maximum absolute atomic E-state index is 13.8. The molecule has 0 aromatic heterocycles. The van der Waals surface area contributed by atoms with Crippen LogP contribution in [0.4, 0.5) is 5.69 Å². The quantitative estimate of drug-likeness (QED) is 0.361. The summed E-state index contributed by atoms with van der Waals surface area (Å²) in [4.78, 5) is 13.6. The summed E-state index contributed by atoms with van der Waals surface area (Å²) in [7, 11) is -4.03. The average Bonchev–Trinajstić information content (AvgIpc) is 2.87. The monoisotopic (exact) mass is 540 g/mol. The van der Waals surface area contributed by atoms with Gasteiger partial charge in [-0.25, -0.2) is 8.42 Å². The van der Waals surface area contributed by atoms with E-state index < -0.39 is 21.5 Å². The molecule has 0 unspecified atom stereocenters. The predicted molar refractivity (Wildman–Crippen MR) is 148 cm³/mol. The molecule has 37 heavy (non-hydrogen) atoms. The van der Waals surface area contributed by atoms with Crippen LogP contribution < -0.4 is 14.4 Å². The van der Waals surface area contributed by atoms with Crippen molar-refractivity contribution in [2.75, 3.05) is 10.8 Å². The first-order valence-corrected chi connectivity index (χ1v) is 14.3. The highest BCUT2D eigenvalue weighted by Crippen LogP contribution is 2.42. The Morgan fingerprint density at radius 3 is 2.38 bits per heavy atom. The van der Waals surface area contributed by atoms with Gasteiger partial charge in [0.05, 0.1) is 16.6 Å². The standard InChI is InChI=1S/C29H33ClN2O4S/c1-5-29(6-2)18-25(24-9-7-8-10-27(24)36-29)31-28(33)19-32(26-16-13-22(30)17-21(26)4)37(34,35)23-14-11-20(3)12-15-23/h7-17,25H,5-6,18-19H2,1-4H3,(H,31,33)/t25-/m1/s1. The third-order valence-electron chi connectivity index (χ3n) is 7.14. The number of hydrogen-bond acceptors (Lipinski definition) is 4. The third-order valence-corrected chi connectivity index (χ3v) is 9.15. The SMILES string of the molecule is CCC1(CC)C[C@@H](NC(=O)CN(c2ccc(Cl)cc2C)S(=O)(=O)c2ccc(C)cc2)c2ccccc2O1. The molecule has 196 valence electrons. The van der Waals surface area contributed by atoms with Crippen LogP contribution in [0.2, 0.25) is 5.02 Å². The Hall–Kier alpha value is -3.03. The first-order chi connectivity index (χ1) is 17.6. The van der Waals surface area contributed by atoms with Gasteiger partial charge in [0.1, 0.15) is 17.9 Å². The summed E-state index contributed by atoms with van der Waals surface area (Å²) >= 11 is 6.15. The number of ether oxygens (including phenoxy) is 1. The number of fused-ring (bicyclic) bond motifs is 1. The van der Waals surface area contributed by atoms with Gasteiger partial charge in [0.15, 0.2) is 0 Å². The number of carbonyl (C=O) groups excluding carboxylic acids is 1. The van der Waals surface area contributed by atoms with E-state index in [0.717, 1.165) is 34.0 Å². The van der Waals surface area contributed by atoms with E-state index in [1.54, 1.807) is 49.4 Å². The van der Waals surface area contributed by atoms with Crippen LogP contribution in [0, 0.1) is 13.8 Å². The summed E-state index contributed by atoms with van der Waals surface area (Å²) in [5, 5.41) is 3.60. The summed E-state index contributed by atoms with van der Waals surface area (Å²) in [6.07, 6.45) is 2.19. The van der Waals surface area contributed by atoms with E-state index in [9.17, 15) is 13.2 Å². The number of amides is 1. The lowest BCUT2D eigenvalue weighted by molar-refractivity contribution is -0.121. The van der Waals surface area contributed by atoms with Crippen LogP contribution in [0.1, 0.15) is 55.8 Å². The minimum Gasteiger partial charge on any atom is -0.487 e. The molecule has 1 atom stereocenters. The van der Waals surface area contributed by atoms with E-state index in [1.807, 2.05) is 31.2 Å². The molecule has 3 aromatic rings. The van der Waals surface area contributed by atoms with Crippen molar-refractivity contribution < 1.29 is 17.9 Å². The van der Waals surface area contributed by atoms with Gasteiger partial charge < -0.3 is 10.1 Å². The van der Waals surface area contributed by atoms with E-state index in [0.29, 0.717) is 22.7 Å². The smallest absolute Gasteiger partial charge is 0.264 e. The van der Waals surface area contributed by atoms with Crippen molar-refractivity contribution in [3.63, 3.8) is 0 Å². The van der Waals surface area contributed by atoms with Crippen LogP contribution in [0.5, 0.6) is 5.75 Å². The fourth-order valence-corrected chi connectivity index (χ4v) is 6.55. The first kappa shape index (κ1) is 27.0. The molecule has 1 amide bonds. The lowest BCUT2D eigenvalue weighted by Gasteiger charge is -2.41. The van der Waals surface area contributed by atoms with Gasteiger partial charge in [-0.3, -0.25) is 9.10 Å². The number of hydrogen-bond donors (Lipinski definition) is 1. The van der Waals surface area contributed by atoms with Crippen LogP contribution in [0.25, 0.3) is 0 Å². The largest absolute Gasteiger partial charge is 0.487 e. The molecule has 0 spiro atoms. The maximum atomic E-state index is 13.8. The second kappa shape index (κ2) is 10.8. The predicted octanol–water partition coefficient (Wildman–Crippen LogP) is 6.35. The summed E-state index contributed by atoms with van der Waals surface area (Å²) in [5.74, 6) is 0.355. The zero-order valence-electron chi connectivity index (χ0n) is 21.6. The molecule has 0 aliphatic carbocycles. The molecule has 0 fully saturated rings. The van der Waals surface area contributed by atoms with E-state index in [1.165, 1.54) is 0 Å². The molecule has 0 saturated carbocycles. The van der Waals surface area contributed by atoms with Crippen LogP contribution in [0.3, 0.4) is 0 Å². The normalized spacial score (nSPS) is 16.4. The van der Waals surface area contributed by atoms with Crippen LogP contribution in [-0.4, -0.2) is 26.5 Å². The zero-order valence-corrected chi connectivity index (χ0v) is 23.2. The molecule has 0 bridgehead atoms. The highest BCUT2D eigenvalue weighted by molar-refractivity contribution is 7.92. The Kier molecular flexibility index (Phi) is 7.85. The molecule has 3 aromatic carbocycles. The number of nitrogens with one attached hydrogen (secondary N) is 1. The molecule has 0 saturated heterocycles. The molecule has 1 N–H and O–H groups in total. The first-order valence-electron chi connectivity index (χ1n) is 12.5.